The van der Waals surface area contributed by atoms with Crippen molar-refractivity contribution in [2.45, 2.75) is 136 Å². The van der Waals surface area contributed by atoms with Crippen molar-refractivity contribution in [1.29, 1.82) is 0 Å². The smallest absolute Gasteiger partial charge is 0.353 e. The Morgan fingerprint density at radius 1 is 0.364 bits per heavy atom. The monoisotopic (exact) mass is 1810 g/mol. The van der Waals surface area contributed by atoms with Crippen LogP contribution in [0.2, 0.25) is 0 Å². The third-order valence-corrected chi connectivity index (χ3v) is 26.5. The first-order valence-corrected chi connectivity index (χ1v) is 49.8. The molecule has 0 saturated carbocycles. The molecule has 0 saturated heterocycles. The minimum atomic E-state index is -4.08. The highest BCUT2D eigenvalue weighted by molar-refractivity contribution is 7.57. The van der Waals surface area contributed by atoms with E-state index >= 15 is 0 Å². The van der Waals surface area contributed by atoms with Crippen molar-refractivity contribution in [3.8, 4) is 11.5 Å². The van der Waals surface area contributed by atoms with Crippen LogP contribution in [-0.4, -0.2) is 231 Å². The molecule has 15 N–H and O–H groups in total. The SMILES string of the molecule is C.C.C=CP(=O)(OCC)OCC.CCOP(=O)(CCN1CCCNc2c1c(=O)c2=O)OCC.CCOP(=O)(CCN1CCCNc2c1c(=O)c2=O)OCC.CCOP(=O)(CCNCCCN)OCC.CCOP(=O)(CCNCCCN)OCC.CCOc1c(OCC)c(=O)c1=O.NCCCN.O=c1c2c(c1=O)N(CCP(=O)(O)O)CCCN2. The zero-order chi connectivity index (χ0) is 88.0. The molecule has 0 amide bonds. The zero-order valence-corrected chi connectivity index (χ0v) is 75.3. The number of hydrogen-bond donors (Lipinski definition) is 11. The number of nitrogens with zero attached hydrogens (tertiary/aromatic N) is 3. The van der Waals surface area contributed by atoms with E-state index in [-0.39, 0.29) is 57.1 Å². The van der Waals surface area contributed by atoms with Crippen molar-refractivity contribution >= 4 is 79.7 Å². The van der Waals surface area contributed by atoms with Crippen LogP contribution >= 0.6 is 45.6 Å². The molecular formula is C72H142N12O28P6. The molecule has 0 spiro atoms. The van der Waals surface area contributed by atoms with Gasteiger partial charge in [0.25, 0.3) is 43.4 Å². The van der Waals surface area contributed by atoms with Gasteiger partial charge in [0.2, 0.25) is 11.5 Å². The zero-order valence-electron chi connectivity index (χ0n) is 69.9. The number of rotatable bonds is 48. The summed E-state index contributed by atoms with van der Waals surface area (Å²) in [4.78, 5) is 114. The predicted molar refractivity (Wildman–Crippen MR) is 474 cm³/mol. The summed E-state index contributed by atoms with van der Waals surface area (Å²) in [6.45, 7) is 39.3. The molecule has 4 aromatic carbocycles. The average Bonchev–Trinajstić information content (AvgIpc) is 1.39. The molecule has 0 aromatic heterocycles. The van der Waals surface area contributed by atoms with E-state index in [1.54, 1.807) is 60.3 Å². The highest BCUT2D eigenvalue weighted by Gasteiger charge is 2.35. The molecule has 40 nitrogen and oxygen atoms in total. The van der Waals surface area contributed by atoms with Gasteiger partial charge in [-0.3, -0.25) is 65.7 Å². The Bertz CT molecular complexity index is 3780. The molecule has 0 radical (unpaired) electrons. The van der Waals surface area contributed by atoms with Crippen molar-refractivity contribution in [2.75, 3.05) is 252 Å². The maximum atomic E-state index is 12.4. The number of nitrogens with two attached hydrogens (primary N) is 4. The molecule has 46 heteroatoms. The number of hydrogen-bond acceptors (Lipinski definition) is 38. The molecule has 0 fully saturated rings. The van der Waals surface area contributed by atoms with Gasteiger partial charge in [0, 0.05) is 77.8 Å². The maximum Gasteiger partial charge on any atom is 0.353 e. The summed E-state index contributed by atoms with van der Waals surface area (Å²) in [5.74, 6) is 1.37. The fraction of sp³-hybridized carbons (Fsp3) is 0.750. The van der Waals surface area contributed by atoms with E-state index in [1.165, 1.54) is 5.82 Å². The summed E-state index contributed by atoms with van der Waals surface area (Å²) in [6, 6.07) is 0. The lowest BCUT2D eigenvalue weighted by Crippen LogP contribution is -2.42. The van der Waals surface area contributed by atoms with Crippen molar-refractivity contribution in [1.82, 2.24) is 10.6 Å². The first-order valence-electron chi connectivity index (χ1n) is 39.5. The van der Waals surface area contributed by atoms with Crippen molar-refractivity contribution < 1.29 is 91.9 Å². The van der Waals surface area contributed by atoms with E-state index in [9.17, 15) is 65.7 Å². The van der Waals surface area contributed by atoms with Crippen molar-refractivity contribution in [3.05, 3.63) is 94.2 Å². The van der Waals surface area contributed by atoms with Gasteiger partial charge in [-0.15, -0.1) is 0 Å². The summed E-state index contributed by atoms with van der Waals surface area (Å²) in [5, 5.41) is 15.1. The van der Waals surface area contributed by atoms with Gasteiger partial charge in [-0.25, -0.2) is 0 Å². The first kappa shape index (κ1) is 117. The average molecular weight is 1810 g/mol. The molecule has 118 heavy (non-hydrogen) atoms. The normalized spacial score (nSPS) is 13.3. The molecular weight excluding hydrogens is 1670 g/mol. The highest BCUT2D eigenvalue weighted by Crippen LogP contribution is 2.51. The standard InChI is InChI=1S/2C13H21N2O5P.C9H13N2O5P.2C9H23N2O3P.C8H10O4.C6H13O3P.C3H10N2.2CH4/c2*1-3-19-21(18,20-4-2)9-8-15-7-5-6-14-10-11(15)13(17)12(10)16;12-8-6-7(9(8)13)11(3-1-2-10-6)4-5-17(14,15)16;2*1-3-13-15(12,14-4-2)9-8-11-7-5-6-10;1-3-11-7-5(9)6(10)8(7)12-4-2;1-4-8-10(7,6-3)9-5-2;4-2-1-3-5;;/h2*14H,3-9H2,1-2H3;10H,1-5H2,(H2,14,15,16);2*11H,3-10H2,1-2H3;3-4H2,1-2H3;6H,3-5H2,1-2H3;1-5H2;2*1H4. The summed E-state index contributed by atoms with van der Waals surface area (Å²) in [5.41, 5.74) is 18.8. The second-order valence-electron chi connectivity index (χ2n) is 24.5. The van der Waals surface area contributed by atoms with Gasteiger partial charge in [-0.2, -0.15) is 0 Å². The lowest BCUT2D eigenvalue weighted by atomic mass is 10.2. The lowest BCUT2D eigenvalue weighted by Gasteiger charge is -2.26. The van der Waals surface area contributed by atoms with E-state index in [1.807, 2.05) is 37.5 Å². The number of anilines is 6. The Labute approximate surface area is 696 Å². The molecule has 3 aliphatic heterocycles. The topological polar surface area (TPSA) is 564 Å². The molecule has 0 atom stereocenters. The van der Waals surface area contributed by atoms with Crippen molar-refractivity contribution in [3.63, 3.8) is 0 Å². The van der Waals surface area contributed by atoms with Crippen LogP contribution in [0.15, 0.2) is 50.8 Å². The van der Waals surface area contributed by atoms with E-state index < -0.39 is 89.0 Å². The number of fused-ring (bicyclic) bond motifs is 3. The molecule has 688 valence electrons. The summed E-state index contributed by atoms with van der Waals surface area (Å²) in [7, 11) is -19.0. The fourth-order valence-corrected chi connectivity index (χ4v) is 18.4. The van der Waals surface area contributed by atoms with Gasteiger partial charge in [-0.05, 0) is 161 Å². The number of ether oxygens (including phenoxy) is 2. The Morgan fingerprint density at radius 3 is 0.839 bits per heavy atom. The predicted octanol–water partition coefficient (Wildman–Crippen LogP) is 6.85. The molecule has 0 unspecified atom stereocenters. The summed E-state index contributed by atoms with van der Waals surface area (Å²) >= 11 is 0. The number of nitrogens with one attached hydrogen (secondary N) is 5. The van der Waals surface area contributed by atoms with Gasteiger partial charge in [-0.1, -0.05) is 21.4 Å². The van der Waals surface area contributed by atoms with Crippen molar-refractivity contribution in [2.24, 2.45) is 22.9 Å². The van der Waals surface area contributed by atoms with Crippen LogP contribution in [0.1, 0.15) is 136 Å². The van der Waals surface area contributed by atoms with Gasteiger partial charge < -0.3 is 129 Å². The third kappa shape index (κ3) is 43.0. The summed E-state index contributed by atoms with van der Waals surface area (Å²) in [6.07, 6.45) is 6.04. The second-order valence-corrected chi connectivity index (χ2v) is 37.0. The quantitative estimate of drug-likeness (QED) is 0.0122. The van der Waals surface area contributed by atoms with Crippen LogP contribution in [0, 0.1) is 0 Å². The van der Waals surface area contributed by atoms with Gasteiger partial charge in [0.15, 0.2) is 0 Å². The largest absolute Gasteiger partial charge is 0.486 e. The molecule has 0 bridgehead atoms. The minimum Gasteiger partial charge on any atom is -0.486 e. The molecule has 3 aliphatic rings. The van der Waals surface area contributed by atoms with Crippen LogP contribution in [0.3, 0.4) is 0 Å². The Balaban J connectivity index is -0.00000131. The van der Waals surface area contributed by atoms with Crippen LogP contribution in [0.5, 0.6) is 11.5 Å². The van der Waals surface area contributed by atoms with Crippen LogP contribution in [-0.2, 0) is 72.6 Å². The maximum absolute atomic E-state index is 12.4. The fourth-order valence-electron chi connectivity index (χ4n) is 10.6. The summed E-state index contributed by atoms with van der Waals surface area (Å²) < 4.78 is 132. The Kier molecular flexibility index (Phi) is 64.4. The van der Waals surface area contributed by atoms with E-state index in [0.29, 0.717) is 205 Å². The second kappa shape index (κ2) is 64.8. The van der Waals surface area contributed by atoms with Gasteiger partial charge in [0.05, 0.1) is 110 Å². The molecule has 7 rings (SSSR count). The third-order valence-electron chi connectivity index (χ3n) is 15.8. The molecule has 4 aromatic rings. The highest BCUT2D eigenvalue weighted by atomic mass is 31.2. The lowest BCUT2D eigenvalue weighted by molar-refractivity contribution is 0.219. The van der Waals surface area contributed by atoms with Crippen LogP contribution < -0.4 is 117 Å². The molecule has 0 aliphatic carbocycles. The van der Waals surface area contributed by atoms with Gasteiger partial charge in [0.1, 0.15) is 34.1 Å². The Hall–Kier alpha value is -4.88. The molecule has 3 heterocycles. The van der Waals surface area contributed by atoms with Crippen LogP contribution in [0.4, 0.5) is 34.1 Å². The van der Waals surface area contributed by atoms with E-state index in [2.05, 4.69) is 33.2 Å². The van der Waals surface area contributed by atoms with E-state index in [4.69, 9.17) is 87.4 Å². The minimum absolute atomic E-state index is 0. The van der Waals surface area contributed by atoms with E-state index in [0.717, 1.165) is 58.3 Å². The Morgan fingerprint density at radius 2 is 0.619 bits per heavy atom. The van der Waals surface area contributed by atoms with Crippen LogP contribution in [0.25, 0.3) is 0 Å². The first-order chi connectivity index (χ1) is 55.1. The van der Waals surface area contributed by atoms with Gasteiger partial charge >= 0.3 is 45.6 Å².